The monoisotopic (exact) mass is 196 g/mol. The van der Waals surface area contributed by atoms with E-state index in [0.29, 0.717) is 0 Å². The molecule has 68 valence electrons. The Labute approximate surface area is 80.3 Å². The molecule has 0 aliphatic carbocycles. The molecule has 0 saturated carbocycles. The van der Waals surface area contributed by atoms with E-state index >= 15 is 0 Å². The van der Waals surface area contributed by atoms with Gasteiger partial charge in [0.2, 0.25) is 5.28 Å². The van der Waals surface area contributed by atoms with Gasteiger partial charge in [-0.1, -0.05) is 6.07 Å². The fraction of sp³-hybridized carbons (Fsp3) is 0.250. The number of halogens is 1. The van der Waals surface area contributed by atoms with E-state index in [0.717, 1.165) is 11.2 Å². The lowest BCUT2D eigenvalue weighted by Crippen LogP contribution is -2.07. The number of nitrogens with two attached hydrogens (primary N) is 1. The first-order valence-corrected chi connectivity index (χ1v) is 4.32. The van der Waals surface area contributed by atoms with Crippen LogP contribution in [0, 0.1) is 0 Å². The van der Waals surface area contributed by atoms with Gasteiger partial charge in [0.05, 0.1) is 0 Å². The Hall–Kier alpha value is -1.13. The Morgan fingerprint density at radius 2 is 2.38 bits per heavy atom. The number of hydrogen-bond donors (Lipinski definition) is 1. The molecule has 0 spiro atoms. The molecule has 2 N–H and O–H groups in total. The van der Waals surface area contributed by atoms with Crippen molar-refractivity contribution in [2.24, 2.45) is 5.73 Å². The Morgan fingerprint density at radius 3 is 3.08 bits per heavy atom. The molecule has 1 unspecified atom stereocenters. The first-order valence-electron chi connectivity index (χ1n) is 3.95. The third-order valence-electron chi connectivity index (χ3n) is 1.86. The maximum Gasteiger partial charge on any atom is 0.243 e. The van der Waals surface area contributed by atoms with Gasteiger partial charge in [0.15, 0.2) is 5.65 Å². The van der Waals surface area contributed by atoms with Gasteiger partial charge in [0.25, 0.3) is 0 Å². The molecular weight excluding hydrogens is 188 g/mol. The average Bonchev–Trinajstić information content (AvgIpc) is 2.43. The predicted molar refractivity (Wildman–Crippen MR) is 50.6 cm³/mol. The zero-order valence-electron chi connectivity index (χ0n) is 7.11. The number of hydrogen-bond acceptors (Lipinski definition) is 3. The molecule has 0 aliphatic rings. The van der Waals surface area contributed by atoms with E-state index in [1.165, 1.54) is 0 Å². The van der Waals surface area contributed by atoms with E-state index in [1.54, 1.807) is 10.7 Å². The summed E-state index contributed by atoms with van der Waals surface area (Å²) in [4.78, 5) is 4.07. The van der Waals surface area contributed by atoms with Crippen molar-refractivity contribution in [3.63, 3.8) is 0 Å². The minimum Gasteiger partial charge on any atom is -0.324 e. The third kappa shape index (κ3) is 1.38. The highest BCUT2D eigenvalue weighted by molar-refractivity contribution is 6.28. The number of aromatic nitrogens is 3. The van der Waals surface area contributed by atoms with E-state index in [4.69, 9.17) is 17.3 Å². The quantitative estimate of drug-likeness (QED) is 0.750. The topological polar surface area (TPSA) is 56.2 Å². The van der Waals surface area contributed by atoms with Gasteiger partial charge in [0, 0.05) is 17.8 Å². The standard InChI is InChI=1S/C8H9ClN4/c1-5(10)6-3-2-4-13-7(6)11-8(9)12-13/h2-5H,10H2,1H3. The average molecular weight is 197 g/mol. The van der Waals surface area contributed by atoms with Crippen molar-refractivity contribution in [1.29, 1.82) is 0 Å². The van der Waals surface area contributed by atoms with Crippen molar-refractivity contribution >= 4 is 17.2 Å². The predicted octanol–water partition coefficient (Wildman–Crippen LogP) is 1.40. The molecule has 2 aromatic rings. The molecule has 0 aromatic carbocycles. The largest absolute Gasteiger partial charge is 0.324 e. The van der Waals surface area contributed by atoms with Crippen molar-refractivity contribution in [3.05, 3.63) is 29.2 Å². The fourth-order valence-corrected chi connectivity index (χ4v) is 1.42. The number of pyridine rings is 1. The molecule has 2 heterocycles. The van der Waals surface area contributed by atoms with Gasteiger partial charge in [-0.25, -0.2) is 4.52 Å². The van der Waals surface area contributed by atoms with Crippen molar-refractivity contribution in [2.75, 3.05) is 0 Å². The second-order valence-electron chi connectivity index (χ2n) is 2.90. The van der Waals surface area contributed by atoms with E-state index in [2.05, 4.69) is 10.1 Å². The lowest BCUT2D eigenvalue weighted by atomic mass is 10.1. The van der Waals surface area contributed by atoms with Gasteiger partial charge in [-0.05, 0) is 24.6 Å². The highest BCUT2D eigenvalue weighted by atomic mass is 35.5. The summed E-state index contributed by atoms with van der Waals surface area (Å²) >= 11 is 5.68. The minimum atomic E-state index is -0.0658. The van der Waals surface area contributed by atoms with Crippen LogP contribution in [0.3, 0.4) is 0 Å². The summed E-state index contributed by atoms with van der Waals surface area (Å²) in [5, 5.41) is 4.22. The van der Waals surface area contributed by atoms with Gasteiger partial charge in [-0.2, -0.15) is 4.98 Å². The summed E-state index contributed by atoms with van der Waals surface area (Å²) < 4.78 is 1.63. The maximum atomic E-state index is 5.76. The van der Waals surface area contributed by atoms with Gasteiger partial charge < -0.3 is 5.73 Å². The van der Waals surface area contributed by atoms with Crippen LogP contribution in [0.1, 0.15) is 18.5 Å². The van der Waals surface area contributed by atoms with Crippen molar-refractivity contribution in [2.45, 2.75) is 13.0 Å². The first-order chi connectivity index (χ1) is 6.18. The van der Waals surface area contributed by atoms with Crippen molar-refractivity contribution in [3.8, 4) is 0 Å². The molecule has 2 aromatic heterocycles. The van der Waals surface area contributed by atoms with Gasteiger partial charge >= 0.3 is 0 Å². The highest BCUT2D eigenvalue weighted by Gasteiger charge is 2.08. The summed E-state index contributed by atoms with van der Waals surface area (Å²) in [5.41, 5.74) is 7.44. The molecule has 0 saturated heterocycles. The summed E-state index contributed by atoms with van der Waals surface area (Å²) in [6, 6.07) is 3.73. The van der Waals surface area contributed by atoms with Gasteiger partial charge in [0.1, 0.15) is 0 Å². The van der Waals surface area contributed by atoms with Crippen molar-refractivity contribution < 1.29 is 0 Å². The van der Waals surface area contributed by atoms with Crippen LogP contribution < -0.4 is 5.73 Å². The smallest absolute Gasteiger partial charge is 0.243 e. The number of fused-ring (bicyclic) bond motifs is 1. The van der Waals surface area contributed by atoms with E-state index in [9.17, 15) is 0 Å². The molecule has 4 nitrogen and oxygen atoms in total. The normalized spacial score (nSPS) is 13.5. The molecule has 0 radical (unpaired) electrons. The van der Waals surface area contributed by atoms with Crippen LogP contribution in [-0.2, 0) is 0 Å². The fourth-order valence-electron chi connectivity index (χ4n) is 1.26. The molecule has 0 fully saturated rings. The molecule has 2 rings (SSSR count). The lowest BCUT2D eigenvalue weighted by Gasteiger charge is -2.04. The minimum absolute atomic E-state index is 0.0658. The Kier molecular flexibility index (Phi) is 1.94. The maximum absolute atomic E-state index is 5.76. The molecule has 5 heteroatoms. The number of rotatable bonds is 1. The molecule has 0 amide bonds. The van der Waals surface area contributed by atoms with Crippen LogP contribution in [0.25, 0.3) is 5.65 Å². The Morgan fingerprint density at radius 1 is 1.62 bits per heavy atom. The lowest BCUT2D eigenvalue weighted by molar-refractivity contribution is 0.810. The Balaban J connectivity index is 2.75. The summed E-state index contributed by atoms with van der Waals surface area (Å²) in [6.07, 6.45) is 1.79. The number of nitrogens with zero attached hydrogens (tertiary/aromatic N) is 3. The molecule has 1 atom stereocenters. The molecular formula is C8H9ClN4. The summed E-state index contributed by atoms with van der Waals surface area (Å²) in [7, 11) is 0. The van der Waals surface area contributed by atoms with E-state index in [-0.39, 0.29) is 11.3 Å². The second-order valence-corrected chi connectivity index (χ2v) is 3.24. The third-order valence-corrected chi connectivity index (χ3v) is 2.02. The SMILES string of the molecule is CC(N)c1cccn2nc(Cl)nc12. The van der Waals surface area contributed by atoms with Gasteiger partial charge in [-0.15, -0.1) is 5.10 Å². The van der Waals surface area contributed by atoms with Crippen LogP contribution in [0.15, 0.2) is 18.3 Å². The molecule has 13 heavy (non-hydrogen) atoms. The first kappa shape index (κ1) is 8.47. The van der Waals surface area contributed by atoms with Gasteiger partial charge in [-0.3, -0.25) is 0 Å². The van der Waals surface area contributed by atoms with Crippen LogP contribution in [-0.4, -0.2) is 14.6 Å². The van der Waals surface area contributed by atoms with Crippen LogP contribution in [0.2, 0.25) is 5.28 Å². The second kappa shape index (κ2) is 2.97. The van der Waals surface area contributed by atoms with Crippen molar-refractivity contribution in [1.82, 2.24) is 14.6 Å². The summed E-state index contributed by atoms with van der Waals surface area (Å²) in [5.74, 6) is 0. The highest BCUT2D eigenvalue weighted by Crippen LogP contribution is 2.16. The summed E-state index contributed by atoms with van der Waals surface area (Å²) in [6.45, 7) is 1.90. The Bertz CT molecular complexity index is 435. The van der Waals surface area contributed by atoms with E-state index < -0.39 is 0 Å². The van der Waals surface area contributed by atoms with Crippen LogP contribution in [0.4, 0.5) is 0 Å². The zero-order valence-corrected chi connectivity index (χ0v) is 7.86. The van der Waals surface area contributed by atoms with Crippen LogP contribution in [0.5, 0.6) is 0 Å². The molecule has 0 bridgehead atoms. The zero-order chi connectivity index (χ0) is 9.42. The van der Waals surface area contributed by atoms with Crippen LogP contribution >= 0.6 is 11.6 Å². The van der Waals surface area contributed by atoms with E-state index in [1.807, 2.05) is 19.1 Å². The molecule has 0 aliphatic heterocycles.